The highest BCUT2D eigenvalue weighted by atomic mass is 16.2. The van der Waals surface area contributed by atoms with Crippen LogP contribution >= 0.6 is 0 Å². The number of pyridine rings is 1. The van der Waals surface area contributed by atoms with Crippen LogP contribution in [-0.2, 0) is 16.1 Å². The molecule has 0 aliphatic rings. The number of hydrogen-bond donors (Lipinski definition) is 2. The zero-order chi connectivity index (χ0) is 18.9. The molecule has 5 nitrogen and oxygen atoms in total. The fourth-order valence-corrected chi connectivity index (χ4v) is 2.84. The third-order valence-electron chi connectivity index (χ3n) is 4.25. The SMILES string of the molecule is O=C(NCc1cccnc1)C(=O)NCC(c1ccccc1)c1ccccc1. The molecule has 0 bridgehead atoms. The Bertz CT molecular complexity index is 828. The Balaban J connectivity index is 1.61. The lowest BCUT2D eigenvalue weighted by Crippen LogP contribution is -2.41. The summed E-state index contributed by atoms with van der Waals surface area (Å²) in [7, 11) is 0. The first-order valence-corrected chi connectivity index (χ1v) is 8.79. The Morgan fingerprint density at radius 3 is 1.93 bits per heavy atom. The van der Waals surface area contributed by atoms with E-state index in [1.54, 1.807) is 18.5 Å². The zero-order valence-electron chi connectivity index (χ0n) is 14.8. The van der Waals surface area contributed by atoms with Gasteiger partial charge >= 0.3 is 11.8 Å². The van der Waals surface area contributed by atoms with Gasteiger partial charge < -0.3 is 10.6 Å². The lowest BCUT2D eigenvalue weighted by Gasteiger charge is -2.18. The second-order valence-electron chi connectivity index (χ2n) is 6.13. The van der Waals surface area contributed by atoms with Gasteiger partial charge in [-0.2, -0.15) is 0 Å². The molecular formula is C22H21N3O2. The van der Waals surface area contributed by atoms with E-state index in [9.17, 15) is 9.59 Å². The quantitative estimate of drug-likeness (QED) is 0.665. The van der Waals surface area contributed by atoms with Gasteiger partial charge in [-0.25, -0.2) is 0 Å². The summed E-state index contributed by atoms with van der Waals surface area (Å²) in [5.41, 5.74) is 3.00. The van der Waals surface area contributed by atoms with E-state index in [1.807, 2.05) is 66.7 Å². The van der Waals surface area contributed by atoms with Gasteiger partial charge in [0, 0.05) is 31.4 Å². The van der Waals surface area contributed by atoms with Crippen molar-refractivity contribution in [1.29, 1.82) is 0 Å². The molecule has 0 aliphatic carbocycles. The molecule has 0 radical (unpaired) electrons. The second kappa shape index (κ2) is 9.29. The number of hydrogen-bond acceptors (Lipinski definition) is 3. The van der Waals surface area contributed by atoms with E-state index in [2.05, 4.69) is 15.6 Å². The van der Waals surface area contributed by atoms with Crippen molar-refractivity contribution in [3.63, 3.8) is 0 Å². The summed E-state index contributed by atoms with van der Waals surface area (Å²) in [6.07, 6.45) is 3.31. The first kappa shape index (κ1) is 18.3. The fourth-order valence-electron chi connectivity index (χ4n) is 2.84. The number of carbonyl (C=O) groups is 2. The van der Waals surface area contributed by atoms with Crippen molar-refractivity contribution in [2.24, 2.45) is 0 Å². The molecule has 27 heavy (non-hydrogen) atoms. The lowest BCUT2D eigenvalue weighted by molar-refractivity contribution is -0.139. The third kappa shape index (κ3) is 5.25. The molecule has 0 spiro atoms. The summed E-state index contributed by atoms with van der Waals surface area (Å²) in [6, 6.07) is 23.5. The van der Waals surface area contributed by atoms with Gasteiger partial charge in [0.15, 0.2) is 0 Å². The minimum atomic E-state index is -0.654. The molecule has 0 fully saturated rings. The maximum Gasteiger partial charge on any atom is 0.309 e. The van der Waals surface area contributed by atoms with Gasteiger partial charge in [-0.1, -0.05) is 66.7 Å². The number of nitrogens with one attached hydrogen (secondary N) is 2. The molecule has 0 saturated heterocycles. The van der Waals surface area contributed by atoms with Crippen LogP contribution in [0.25, 0.3) is 0 Å². The van der Waals surface area contributed by atoms with E-state index in [4.69, 9.17) is 0 Å². The summed E-state index contributed by atoms with van der Waals surface area (Å²) in [4.78, 5) is 28.2. The fraction of sp³-hybridized carbons (Fsp3) is 0.136. The van der Waals surface area contributed by atoms with Gasteiger partial charge in [0.1, 0.15) is 0 Å². The molecule has 5 heteroatoms. The molecule has 0 atom stereocenters. The number of carbonyl (C=O) groups excluding carboxylic acids is 2. The van der Waals surface area contributed by atoms with Crippen molar-refractivity contribution in [3.8, 4) is 0 Å². The van der Waals surface area contributed by atoms with E-state index < -0.39 is 11.8 Å². The normalized spacial score (nSPS) is 10.4. The zero-order valence-corrected chi connectivity index (χ0v) is 14.8. The standard InChI is InChI=1S/C22H21N3O2/c26-21(24-15-17-8-7-13-23-14-17)22(27)25-16-20(18-9-3-1-4-10-18)19-11-5-2-6-12-19/h1-14,20H,15-16H2,(H,24,26)(H,25,27). The van der Waals surface area contributed by atoms with E-state index in [-0.39, 0.29) is 12.5 Å². The third-order valence-corrected chi connectivity index (χ3v) is 4.25. The Hall–Kier alpha value is -3.47. The molecule has 2 aromatic carbocycles. The molecule has 0 saturated carbocycles. The number of rotatable bonds is 6. The molecule has 136 valence electrons. The summed E-state index contributed by atoms with van der Waals surface area (Å²) in [5, 5.41) is 5.36. The maximum atomic E-state index is 12.2. The minimum absolute atomic E-state index is 0.0255. The Morgan fingerprint density at radius 2 is 1.37 bits per heavy atom. The van der Waals surface area contributed by atoms with Crippen LogP contribution in [0.15, 0.2) is 85.2 Å². The molecule has 1 aromatic heterocycles. The molecule has 2 amide bonds. The highest BCUT2D eigenvalue weighted by Crippen LogP contribution is 2.23. The molecular weight excluding hydrogens is 338 g/mol. The summed E-state index contributed by atoms with van der Waals surface area (Å²) in [5.74, 6) is -1.32. The van der Waals surface area contributed by atoms with Crippen LogP contribution in [0, 0.1) is 0 Å². The molecule has 3 aromatic rings. The molecule has 0 aliphatic heterocycles. The smallest absolute Gasteiger partial charge is 0.309 e. The van der Waals surface area contributed by atoms with Crippen LogP contribution in [0.1, 0.15) is 22.6 Å². The van der Waals surface area contributed by atoms with Gasteiger partial charge in [0.25, 0.3) is 0 Å². The predicted molar refractivity (Wildman–Crippen MR) is 104 cm³/mol. The van der Waals surface area contributed by atoms with Crippen LogP contribution < -0.4 is 10.6 Å². The van der Waals surface area contributed by atoms with Gasteiger partial charge in [-0.05, 0) is 22.8 Å². The molecule has 2 N–H and O–H groups in total. The number of amides is 2. The average molecular weight is 359 g/mol. The topological polar surface area (TPSA) is 71.1 Å². The first-order valence-electron chi connectivity index (χ1n) is 8.79. The summed E-state index contributed by atoms with van der Waals surface area (Å²) in [6.45, 7) is 0.605. The first-order chi connectivity index (χ1) is 13.2. The maximum absolute atomic E-state index is 12.2. The van der Waals surface area contributed by atoms with Gasteiger partial charge in [0.2, 0.25) is 0 Å². The lowest BCUT2D eigenvalue weighted by atomic mass is 9.91. The molecule has 0 unspecified atom stereocenters. The average Bonchev–Trinajstić information content (AvgIpc) is 2.74. The highest BCUT2D eigenvalue weighted by molar-refractivity contribution is 6.35. The highest BCUT2D eigenvalue weighted by Gasteiger charge is 2.18. The van der Waals surface area contributed by atoms with Gasteiger partial charge in [-0.3, -0.25) is 14.6 Å². The van der Waals surface area contributed by atoms with Crippen LogP contribution in [0.2, 0.25) is 0 Å². The van der Waals surface area contributed by atoms with E-state index in [0.717, 1.165) is 16.7 Å². The number of aromatic nitrogens is 1. The van der Waals surface area contributed by atoms with Crippen LogP contribution in [-0.4, -0.2) is 23.3 Å². The van der Waals surface area contributed by atoms with Crippen LogP contribution in [0.5, 0.6) is 0 Å². The van der Waals surface area contributed by atoms with Crippen LogP contribution in [0.4, 0.5) is 0 Å². The molecule has 1 heterocycles. The van der Waals surface area contributed by atoms with E-state index in [1.165, 1.54) is 0 Å². The monoisotopic (exact) mass is 359 g/mol. The van der Waals surface area contributed by atoms with Crippen LogP contribution in [0.3, 0.4) is 0 Å². The van der Waals surface area contributed by atoms with Gasteiger partial charge in [-0.15, -0.1) is 0 Å². The van der Waals surface area contributed by atoms with Crippen molar-refractivity contribution in [2.75, 3.05) is 6.54 Å². The van der Waals surface area contributed by atoms with Crippen molar-refractivity contribution >= 4 is 11.8 Å². The Morgan fingerprint density at radius 1 is 0.778 bits per heavy atom. The number of nitrogens with zero attached hydrogens (tertiary/aromatic N) is 1. The van der Waals surface area contributed by atoms with E-state index >= 15 is 0 Å². The molecule has 3 rings (SSSR count). The Kier molecular flexibility index (Phi) is 6.30. The minimum Gasteiger partial charge on any atom is -0.347 e. The van der Waals surface area contributed by atoms with Crippen molar-refractivity contribution in [1.82, 2.24) is 15.6 Å². The van der Waals surface area contributed by atoms with Crippen molar-refractivity contribution in [2.45, 2.75) is 12.5 Å². The van der Waals surface area contributed by atoms with E-state index in [0.29, 0.717) is 6.54 Å². The Labute approximate surface area is 158 Å². The van der Waals surface area contributed by atoms with Crippen molar-refractivity contribution in [3.05, 3.63) is 102 Å². The summed E-state index contributed by atoms with van der Waals surface area (Å²) >= 11 is 0. The van der Waals surface area contributed by atoms with Crippen molar-refractivity contribution < 1.29 is 9.59 Å². The summed E-state index contributed by atoms with van der Waals surface area (Å²) < 4.78 is 0. The predicted octanol–water partition coefficient (Wildman–Crippen LogP) is 2.65. The van der Waals surface area contributed by atoms with Gasteiger partial charge in [0.05, 0.1) is 0 Å². The largest absolute Gasteiger partial charge is 0.347 e. The number of benzene rings is 2. The second-order valence-corrected chi connectivity index (χ2v) is 6.13.